The number of carbonyl (C=O) groups is 1. The molecule has 0 aliphatic rings. The summed E-state index contributed by atoms with van der Waals surface area (Å²) in [5.41, 5.74) is -0.439. The van der Waals surface area contributed by atoms with Gasteiger partial charge in [-0.25, -0.2) is 4.79 Å². The van der Waals surface area contributed by atoms with Crippen LogP contribution >= 0.6 is 0 Å². The highest BCUT2D eigenvalue weighted by molar-refractivity contribution is 5.82. The Labute approximate surface area is 85.8 Å². The van der Waals surface area contributed by atoms with Gasteiger partial charge in [-0.3, -0.25) is 0 Å². The Bertz CT molecular complexity index is 199. The van der Waals surface area contributed by atoms with Crippen molar-refractivity contribution < 1.29 is 14.6 Å². The number of hydrogen-bond donors (Lipinski definition) is 1. The molecule has 0 saturated carbocycles. The minimum Gasteiger partial charge on any atom is -0.457 e. The van der Waals surface area contributed by atoms with Crippen molar-refractivity contribution in [3.63, 3.8) is 0 Å². The molecule has 0 rings (SSSR count). The minimum absolute atomic E-state index is 0.321. The predicted molar refractivity (Wildman–Crippen MR) is 55.9 cm³/mol. The first-order chi connectivity index (χ1) is 6.31. The molecule has 0 aromatic carbocycles. The lowest BCUT2D eigenvalue weighted by Gasteiger charge is -2.17. The third-order valence-corrected chi connectivity index (χ3v) is 1.41. The highest BCUT2D eigenvalue weighted by Crippen LogP contribution is 2.07. The molecule has 1 N–H and O–H groups in total. The quantitative estimate of drug-likeness (QED) is 0.558. The van der Waals surface area contributed by atoms with Crippen molar-refractivity contribution in [2.75, 3.05) is 0 Å². The van der Waals surface area contributed by atoms with Crippen LogP contribution in [0, 0.1) is 0 Å². The summed E-state index contributed by atoms with van der Waals surface area (Å²) in [7, 11) is 0. The van der Waals surface area contributed by atoms with Crippen molar-refractivity contribution in [2.45, 2.75) is 52.2 Å². The van der Waals surface area contributed by atoms with Gasteiger partial charge in [-0.05, 0) is 40.5 Å². The maximum atomic E-state index is 11.1. The first-order valence-corrected chi connectivity index (χ1v) is 4.89. The number of allylic oxidation sites excluding steroid dienone is 1. The molecule has 0 radical (unpaired) electrons. The van der Waals surface area contributed by atoms with E-state index in [-0.39, 0.29) is 12.1 Å². The van der Waals surface area contributed by atoms with Crippen molar-refractivity contribution in [1.82, 2.24) is 0 Å². The van der Waals surface area contributed by atoms with Gasteiger partial charge >= 0.3 is 5.97 Å². The van der Waals surface area contributed by atoms with E-state index in [9.17, 15) is 4.79 Å². The average Bonchev–Trinajstić information content (AvgIpc) is 1.94. The Morgan fingerprint density at radius 2 is 2.07 bits per heavy atom. The fourth-order valence-electron chi connectivity index (χ4n) is 0.853. The molecule has 0 aromatic heterocycles. The Morgan fingerprint density at radius 3 is 2.50 bits per heavy atom. The highest BCUT2D eigenvalue weighted by atomic mass is 16.6. The Hall–Kier alpha value is -0.830. The maximum absolute atomic E-state index is 11.1. The van der Waals surface area contributed by atoms with Crippen LogP contribution in [-0.4, -0.2) is 22.8 Å². The zero-order chi connectivity index (χ0) is 11.2. The molecule has 0 aliphatic carbocycles. The number of esters is 1. The van der Waals surface area contributed by atoms with Crippen LogP contribution in [0.25, 0.3) is 0 Å². The van der Waals surface area contributed by atoms with E-state index in [2.05, 4.69) is 0 Å². The number of hydrogen-bond acceptors (Lipinski definition) is 3. The first-order valence-electron chi connectivity index (χ1n) is 4.89. The molecule has 82 valence electrons. The monoisotopic (exact) mass is 200 g/mol. The van der Waals surface area contributed by atoms with Crippen molar-refractivity contribution in [3.8, 4) is 0 Å². The molecule has 14 heavy (non-hydrogen) atoms. The molecule has 0 saturated heterocycles. The van der Waals surface area contributed by atoms with Gasteiger partial charge in [0, 0.05) is 6.08 Å². The van der Waals surface area contributed by atoms with Crippen LogP contribution in [0.1, 0.15) is 40.5 Å². The van der Waals surface area contributed by atoms with Gasteiger partial charge < -0.3 is 9.84 Å². The maximum Gasteiger partial charge on any atom is 0.330 e. The van der Waals surface area contributed by atoms with Crippen LogP contribution in [0.3, 0.4) is 0 Å². The second-order valence-electron chi connectivity index (χ2n) is 4.36. The summed E-state index contributed by atoms with van der Waals surface area (Å²) in [6.45, 7) is 7.21. The fourth-order valence-corrected chi connectivity index (χ4v) is 0.853. The van der Waals surface area contributed by atoms with Gasteiger partial charge in [0.25, 0.3) is 0 Å². The Kier molecular flexibility index (Phi) is 5.46. The SMILES string of the molecule is CC(O)CC/C=C/C(=O)OC(C)(C)C. The molecule has 0 spiro atoms. The smallest absolute Gasteiger partial charge is 0.330 e. The standard InChI is InChI=1S/C11H20O3/c1-9(12)7-5-6-8-10(13)14-11(2,3)4/h6,8-9,12H,5,7H2,1-4H3/b8-6+. The van der Waals surface area contributed by atoms with E-state index in [0.717, 1.165) is 0 Å². The summed E-state index contributed by atoms with van der Waals surface area (Å²) in [5.74, 6) is -0.330. The van der Waals surface area contributed by atoms with Gasteiger partial charge in [0.2, 0.25) is 0 Å². The van der Waals surface area contributed by atoms with Gasteiger partial charge in [-0.2, -0.15) is 0 Å². The van der Waals surface area contributed by atoms with Crippen LogP contribution in [0.4, 0.5) is 0 Å². The Morgan fingerprint density at radius 1 is 1.50 bits per heavy atom. The van der Waals surface area contributed by atoms with Crippen molar-refractivity contribution in [2.24, 2.45) is 0 Å². The van der Waals surface area contributed by atoms with Crippen LogP contribution in [-0.2, 0) is 9.53 Å². The molecule has 0 aliphatic heterocycles. The summed E-state index contributed by atoms with van der Waals surface area (Å²) in [6, 6.07) is 0. The number of aliphatic hydroxyl groups is 1. The van der Waals surface area contributed by atoms with Crippen LogP contribution in [0.2, 0.25) is 0 Å². The average molecular weight is 200 g/mol. The molecule has 3 heteroatoms. The molecular weight excluding hydrogens is 180 g/mol. The molecule has 3 nitrogen and oxygen atoms in total. The number of carbonyl (C=O) groups excluding carboxylic acids is 1. The zero-order valence-corrected chi connectivity index (χ0v) is 9.41. The Balaban J connectivity index is 3.72. The number of aliphatic hydroxyl groups excluding tert-OH is 1. The van der Waals surface area contributed by atoms with Gasteiger partial charge in [0.1, 0.15) is 5.60 Å². The molecule has 0 heterocycles. The minimum atomic E-state index is -0.439. The summed E-state index contributed by atoms with van der Waals surface area (Å²) in [5, 5.41) is 8.95. The molecule has 1 atom stereocenters. The van der Waals surface area contributed by atoms with E-state index in [1.54, 1.807) is 13.0 Å². The van der Waals surface area contributed by atoms with E-state index in [4.69, 9.17) is 9.84 Å². The molecule has 0 fully saturated rings. The largest absolute Gasteiger partial charge is 0.457 e. The molecule has 1 unspecified atom stereocenters. The van der Waals surface area contributed by atoms with Crippen LogP contribution in [0.15, 0.2) is 12.2 Å². The van der Waals surface area contributed by atoms with Crippen molar-refractivity contribution in [3.05, 3.63) is 12.2 Å². The second kappa shape index (κ2) is 5.81. The van der Waals surface area contributed by atoms with E-state index < -0.39 is 5.60 Å². The number of rotatable bonds is 4. The van der Waals surface area contributed by atoms with E-state index >= 15 is 0 Å². The van der Waals surface area contributed by atoms with E-state index in [0.29, 0.717) is 12.8 Å². The predicted octanol–water partition coefficient (Wildman–Crippen LogP) is 2.05. The van der Waals surface area contributed by atoms with Crippen molar-refractivity contribution in [1.29, 1.82) is 0 Å². The summed E-state index contributed by atoms with van der Waals surface area (Å²) in [6.07, 6.45) is 4.17. The van der Waals surface area contributed by atoms with Crippen molar-refractivity contribution >= 4 is 5.97 Å². The first kappa shape index (κ1) is 13.2. The summed E-state index contributed by atoms with van der Waals surface area (Å²) >= 11 is 0. The number of ether oxygens (including phenoxy) is 1. The summed E-state index contributed by atoms with van der Waals surface area (Å²) in [4.78, 5) is 11.1. The lowest BCUT2D eigenvalue weighted by Crippen LogP contribution is -2.22. The third kappa shape index (κ3) is 9.26. The van der Waals surface area contributed by atoms with Gasteiger partial charge in [-0.1, -0.05) is 6.08 Å². The normalized spacial score (nSPS) is 14.4. The van der Waals surface area contributed by atoms with Gasteiger partial charge in [-0.15, -0.1) is 0 Å². The van der Waals surface area contributed by atoms with Gasteiger partial charge in [0.05, 0.1) is 6.10 Å². The zero-order valence-electron chi connectivity index (χ0n) is 9.41. The fraction of sp³-hybridized carbons (Fsp3) is 0.727. The molecule has 0 aromatic rings. The van der Waals surface area contributed by atoms with Crippen LogP contribution in [0.5, 0.6) is 0 Å². The topological polar surface area (TPSA) is 46.5 Å². The lowest BCUT2D eigenvalue weighted by atomic mass is 10.2. The third-order valence-electron chi connectivity index (χ3n) is 1.41. The van der Waals surface area contributed by atoms with Gasteiger partial charge in [0.15, 0.2) is 0 Å². The molecule has 0 bridgehead atoms. The molecular formula is C11H20O3. The van der Waals surface area contributed by atoms with Crippen LogP contribution < -0.4 is 0 Å². The summed E-state index contributed by atoms with van der Waals surface area (Å²) < 4.78 is 5.06. The van der Waals surface area contributed by atoms with E-state index in [1.165, 1.54) is 6.08 Å². The van der Waals surface area contributed by atoms with E-state index in [1.807, 2.05) is 20.8 Å². The second-order valence-corrected chi connectivity index (χ2v) is 4.36. The lowest BCUT2D eigenvalue weighted by molar-refractivity contribution is -0.148. The molecule has 0 amide bonds. The highest BCUT2D eigenvalue weighted by Gasteiger charge is 2.13.